The second-order valence-electron chi connectivity index (χ2n) is 4.75. The van der Waals surface area contributed by atoms with Crippen LogP contribution >= 0.6 is 0 Å². The van der Waals surface area contributed by atoms with Crippen molar-refractivity contribution in [1.29, 1.82) is 0 Å². The van der Waals surface area contributed by atoms with E-state index in [4.69, 9.17) is 0 Å². The van der Waals surface area contributed by atoms with Crippen molar-refractivity contribution in [1.82, 2.24) is 14.9 Å². The maximum absolute atomic E-state index is 12.2. The third kappa shape index (κ3) is 1.85. The van der Waals surface area contributed by atoms with Crippen LogP contribution in [0.2, 0.25) is 0 Å². The molecule has 0 amide bonds. The number of benzene rings is 1. The van der Waals surface area contributed by atoms with Crippen LogP contribution in [0.1, 0.15) is 5.56 Å². The Hall–Kier alpha value is -1.68. The highest BCUT2D eigenvalue weighted by Gasteiger charge is 2.18. The molecule has 2 aromatic rings. The monoisotopic (exact) mass is 229 g/mol. The minimum atomic E-state index is 0.0712. The molecule has 0 radical (unpaired) electrons. The van der Waals surface area contributed by atoms with Crippen LogP contribution in [-0.4, -0.2) is 22.6 Å². The fourth-order valence-electron chi connectivity index (χ4n) is 2.15. The molecular weight excluding hydrogens is 214 g/mol. The molecule has 4 nitrogen and oxygen atoms in total. The Morgan fingerprint density at radius 3 is 3.00 bits per heavy atom. The Morgan fingerprint density at radius 2 is 2.29 bits per heavy atom. The van der Waals surface area contributed by atoms with Crippen molar-refractivity contribution in [3.8, 4) is 0 Å². The van der Waals surface area contributed by atoms with Gasteiger partial charge in [-0.05, 0) is 24.6 Å². The lowest BCUT2D eigenvalue weighted by Gasteiger charge is -2.27. The molecule has 4 heteroatoms. The van der Waals surface area contributed by atoms with Crippen LogP contribution < -0.4 is 10.9 Å². The summed E-state index contributed by atoms with van der Waals surface area (Å²) in [7, 11) is 0. The van der Waals surface area contributed by atoms with E-state index >= 15 is 0 Å². The second-order valence-corrected chi connectivity index (χ2v) is 4.75. The molecule has 1 saturated heterocycles. The summed E-state index contributed by atoms with van der Waals surface area (Å²) in [5.41, 5.74) is 1.99. The van der Waals surface area contributed by atoms with Gasteiger partial charge in [0.2, 0.25) is 0 Å². The molecule has 88 valence electrons. The van der Waals surface area contributed by atoms with Gasteiger partial charge in [0, 0.05) is 25.6 Å². The van der Waals surface area contributed by atoms with Crippen molar-refractivity contribution in [3.05, 3.63) is 40.4 Å². The average Bonchev–Trinajstić information content (AvgIpc) is 2.25. The summed E-state index contributed by atoms with van der Waals surface area (Å²) in [5, 5.41) is 3.92. The molecule has 1 aromatic heterocycles. The van der Waals surface area contributed by atoms with E-state index in [-0.39, 0.29) is 5.56 Å². The predicted molar refractivity (Wildman–Crippen MR) is 67.1 cm³/mol. The van der Waals surface area contributed by atoms with Gasteiger partial charge in [-0.25, -0.2) is 4.98 Å². The number of fused-ring (bicyclic) bond motifs is 1. The maximum atomic E-state index is 12.2. The van der Waals surface area contributed by atoms with Gasteiger partial charge in [0.1, 0.15) is 0 Å². The van der Waals surface area contributed by atoms with E-state index in [1.807, 2.05) is 25.1 Å². The Kier molecular flexibility index (Phi) is 2.44. The van der Waals surface area contributed by atoms with E-state index in [9.17, 15) is 4.79 Å². The molecule has 3 rings (SSSR count). The lowest BCUT2D eigenvalue weighted by Crippen LogP contribution is -2.45. The van der Waals surface area contributed by atoms with Gasteiger partial charge in [0.25, 0.3) is 5.56 Å². The van der Waals surface area contributed by atoms with E-state index in [0.717, 1.165) is 30.7 Å². The van der Waals surface area contributed by atoms with Gasteiger partial charge >= 0.3 is 0 Å². The third-order valence-electron chi connectivity index (χ3n) is 3.30. The molecular formula is C13H15N3O. The zero-order chi connectivity index (χ0) is 11.8. The molecule has 1 N–H and O–H groups in total. The standard InChI is InChI=1S/C13H15N3O/c1-9-2-3-11-12(4-9)15-8-16(13(11)17)7-10-5-14-6-10/h2-4,8,10,14H,5-7H2,1H3. The molecule has 1 aromatic carbocycles. The van der Waals surface area contributed by atoms with Gasteiger partial charge in [-0.2, -0.15) is 0 Å². The van der Waals surface area contributed by atoms with Crippen molar-refractivity contribution < 1.29 is 0 Å². The molecule has 17 heavy (non-hydrogen) atoms. The SMILES string of the molecule is Cc1ccc2c(=O)n(CC3CNC3)cnc2c1. The van der Waals surface area contributed by atoms with E-state index in [1.165, 1.54) is 0 Å². The molecule has 0 atom stereocenters. The van der Waals surface area contributed by atoms with Gasteiger partial charge in [0.15, 0.2) is 0 Å². The molecule has 0 bridgehead atoms. The topological polar surface area (TPSA) is 46.9 Å². The van der Waals surface area contributed by atoms with Crippen LogP contribution in [0.5, 0.6) is 0 Å². The highest BCUT2D eigenvalue weighted by Crippen LogP contribution is 2.10. The predicted octanol–water partition coefficient (Wildman–Crippen LogP) is 0.924. The Balaban J connectivity index is 2.05. The number of aryl methyl sites for hydroxylation is 1. The summed E-state index contributed by atoms with van der Waals surface area (Å²) in [6, 6.07) is 5.78. The molecule has 1 fully saturated rings. The summed E-state index contributed by atoms with van der Waals surface area (Å²) in [6.45, 7) is 4.77. The summed E-state index contributed by atoms with van der Waals surface area (Å²) in [5.74, 6) is 0.567. The normalized spacial score (nSPS) is 16.1. The van der Waals surface area contributed by atoms with Crippen molar-refractivity contribution in [2.75, 3.05) is 13.1 Å². The summed E-state index contributed by atoms with van der Waals surface area (Å²) >= 11 is 0. The van der Waals surface area contributed by atoms with Gasteiger partial charge in [-0.3, -0.25) is 9.36 Å². The fraction of sp³-hybridized carbons (Fsp3) is 0.385. The van der Waals surface area contributed by atoms with Gasteiger partial charge < -0.3 is 5.32 Å². The number of hydrogen-bond acceptors (Lipinski definition) is 3. The van der Waals surface area contributed by atoms with Crippen LogP contribution in [0.15, 0.2) is 29.3 Å². The number of nitrogens with one attached hydrogen (secondary N) is 1. The fourth-order valence-corrected chi connectivity index (χ4v) is 2.15. The van der Waals surface area contributed by atoms with Crippen molar-refractivity contribution in [3.63, 3.8) is 0 Å². The average molecular weight is 229 g/mol. The molecule has 1 aliphatic heterocycles. The Labute approximate surface area is 99.3 Å². The number of hydrogen-bond donors (Lipinski definition) is 1. The van der Waals surface area contributed by atoms with Crippen molar-refractivity contribution in [2.45, 2.75) is 13.5 Å². The lowest BCUT2D eigenvalue weighted by molar-refractivity contribution is 0.303. The summed E-state index contributed by atoms with van der Waals surface area (Å²) in [6.07, 6.45) is 1.67. The van der Waals surface area contributed by atoms with Crippen LogP contribution in [0.3, 0.4) is 0 Å². The zero-order valence-electron chi connectivity index (χ0n) is 9.81. The lowest BCUT2D eigenvalue weighted by atomic mass is 10.0. The van der Waals surface area contributed by atoms with Crippen LogP contribution in [-0.2, 0) is 6.54 Å². The first kappa shape index (κ1) is 10.5. The Morgan fingerprint density at radius 1 is 1.47 bits per heavy atom. The quantitative estimate of drug-likeness (QED) is 0.833. The summed E-state index contributed by atoms with van der Waals surface area (Å²) < 4.78 is 1.73. The third-order valence-corrected chi connectivity index (χ3v) is 3.30. The first-order chi connectivity index (χ1) is 8.24. The van der Waals surface area contributed by atoms with Crippen molar-refractivity contribution >= 4 is 10.9 Å². The van der Waals surface area contributed by atoms with E-state index < -0.39 is 0 Å². The molecule has 2 heterocycles. The molecule has 0 saturated carbocycles. The smallest absolute Gasteiger partial charge is 0.261 e. The molecule has 0 unspecified atom stereocenters. The van der Waals surface area contributed by atoms with Gasteiger partial charge in [-0.15, -0.1) is 0 Å². The molecule has 0 aliphatic carbocycles. The Bertz CT molecular complexity index is 614. The highest BCUT2D eigenvalue weighted by atomic mass is 16.1. The van der Waals surface area contributed by atoms with Gasteiger partial charge in [-0.1, -0.05) is 6.07 Å². The van der Waals surface area contributed by atoms with Crippen LogP contribution in [0, 0.1) is 12.8 Å². The molecule has 1 aliphatic rings. The van der Waals surface area contributed by atoms with E-state index in [1.54, 1.807) is 10.9 Å². The molecule has 0 spiro atoms. The minimum Gasteiger partial charge on any atom is -0.316 e. The minimum absolute atomic E-state index is 0.0712. The van der Waals surface area contributed by atoms with Crippen LogP contribution in [0.25, 0.3) is 10.9 Å². The first-order valence-electron chi connectivity index (χ1n) is 5.90. The largest absolute Gasteiger partial charge is 0.316 e. The van der Waals surface area contributed by atoms with Gasteiger partial charge in [0.05, 0.1) is 17.2 Å². The number of rotatable bonds is 2. The van der Waals surface area contributed by atoms with Crippen molar-refractivity contribution in [2.24, 2.45) is 5.92 Å². The highest BCUT2D eigenvalue weighted by molar-refractivity contribution is 5.77. The van der Waals surface area contributed by atoms with Crippen LogP contribution in [0.4, 0.5) is 0 Å². The van der Waals surface area contributed by atoms with E-state index in [2.05, 4.69) is 10.3 Å². The first-order valence-corrected chi connectivity index (χ1v) is 5.90. The summed E-state index contributed by atoms with van der Waals surface area (Å²) in [4.78, 5) is 16.6. The zero-order valence-corrected chi connectivity index (χ0v) is 9.81. The number of aromatic nitrogens is 2. The second kappa shape index (κ2) is 3.96. The van der Waals surface area contributed by atoms with E-state index in [0.29, 0.717) is 11.3 Å². The number of nitrogens with zero attached hydrogens (tertiary/aromatic N) is 2. The maximum Gasteiger partial charge on any atom is 0.261 e.